The van der Waals surface area contributed by atoms with Crippen LogP contribution in [0.5, 0.6) is 0 Å². The number of nitrogens with zero attached hydrogens (tertiary/aromatic N) is 2. The molecule has 24 heavy (non-hydrogen) atoms. The maximum Gasteiger partial charge on any atom is 0.251 e. The van der Waals surface area contributed by atoms with Gasteiger partial charge in [-0.25, -0.2) is 0 Å². The average molecular weight is 332 g/mol. The van der Waals surface area contributed by atoms with Gasteiger partial charge in [-0.1, -0.05) is 0 Å². The van der Waals surface area contributed by atoms with Crippen molar-refractivity contribution >= 4 is 17.5 Å². The molecule has 1 saturated heterocycles. The molecule has 0 unspecified atom stereocenters. The summed E-state index contributed by atoms with van der Waals surface area (Å²) >= 11 is 0. The number of rotatable bonds is 7. The predicted octanol–water partition coefficient (Wildman–Crippen LogP) is 1.21. The second-order valence-electron chi connectivity index (χ2n) is 6.21. The van der Waals surface area contributed by atoms with Crippen LogP contribution in [0.25, 0.3) is 0 Å². The number of amides is 2. The fourth-order valence-corrected chi connectivity index (χ4v) is 3.14. The van der Waals surface area contributed by atoms with Gasteiger partial charge in [0, 0.05) is 43.5 Å². The molecule has 1 aromatic rings. The van der Waals surface area contributed by atoms with Crippen LogP contribution in [-0.2, 0) is 4.79 Å². The second-order valence-corrected chi connectivity index (χ2v) is 6.21. The van der Waals surface area contributed by atoms with Crippen LogP contribution in [0.1, 0.15) is 37.0 Å². The minimum absolute atomic E-state index is 0.0329. The Bertz CT molecular complexity index is 547. The van der Waals surface area contributed by atoms with Crippen molar-refractivity contribution in [3.8, 4) is 0 Å². The first kappa shape index (κ1) is 18.3. The Morgan fingerprint density at radius 1 is 1.17 bits per heavy atom. The quantitative estimate of drug-likeness (QED) is 0.787. The molecular weight excluding hydrogens is 304 g/mol. The van der Waals surface area contributed by atoms with Gasteiger partial charge in [-0.15, -0.1) is 0 Å². The molecule has 1 aromatic carbocycles. The first-order chi connectivity index (χ1) is 11.5. The van der Waals surface area contributed by atoms with Crippen LogP contribution in [0.4, 0.5) is 5.69 Å². The zero-order valence-corrected chi connectivity index (χ0v) is 14.6. The van der Waals surface area contributed by atoms with Gasteiger partial charge in [0.2, 0.25) is 5.91 Å². The van der Waals surface area contributed by atoms with Crippen LogP contribution >= 0.6 is 0 Å². The number of primary amides is 1. The molecule has 0 atom stereocenters. The van der Waals surface area contributed by atoms with Crippen LogP contribution in [0.3, 0.4) is 0 Å². The molecular formula is C18H28N4O2. The lowest BCUT2D eigenvalue weighted by Crippen LogP contribution is -2.46. The SMILES string of the molecule is CCN(CC)c1ccc(C(=O)NC2CCN(CC(N)=O)CC2)cc1. The summed E-state index contributed by atoms with van der Waals surface area (Å²) in [5.41, 5.74) is 7.04. The summed E-state index contributed by atoms with van der Waals surface area (Å²) in [5.74, 6) is -0.333. The van der Waals surface area contributed by atoms with E-state index in [1.165, 1.54) is 0 Å². The molecule has 0 saturated carbocycles. The highest BCUT2D eigenvalue weighted by Crippen LogP contribution is 2.16. The lowest BCUT2D eigenvalue weighted by molar-refractivity contribution is -0.119. The van der Waals surface area contributed by atoms with Crippen LogP contribution in [-0.4, -0.2) is 55.5 Å². The van der Waals surface area contributed by atoms with E-state index in [-0.39, 0.29) is 17.9 Å². The second kappa shape index (κ2) is 8.68. The number of piperidine rings is 1. The number of hydrogen-bond acceptors (Lipinski definition) is 4. The van der Waals surface area contributed by atoms with Crippen molar-refractivity contribution < 1.29 is 9.59 Å². The van der Waals surface area contributed by atoms with Gasteiger partial charge < -0.3 is 16.0 Å². The molecule has 0 radical (unpaired) electrons. The Kier molecular flexibility index (Phi) is 6.61. The summed E-state index contributed by atoms with van der Waals surface area (Å²) in [7, 11) is 0. The number of carbonyl (C=O) groups is 2. The highest BCUT2D eigenvalue weighted by Gasteiger charge is 2.21. The van der Waals surface area contributed by atoms with Crippen molar-refractivity contribution in [1.82, 2.24) is 10.2 Å². The third-order valence-corrected chi connectivity index (χ3v) is 4.56. The van der Waals surface area contributed by atoms with Crippen LogP contribution in [0.2, 0.25) is 0 Å². The molecule has 1 aliphatic heterocycles. The van der Waals surface area contributed by atoms with Gasteiger partial charge in [0.05, 0.1) is 6.54 Å². The molecule has 6 nitrogen and oxygen atoms in total. The standard InChI is InChI=1S/C18H28N4O2/c1-3-22(4-2)16-7-5-14(6-8-16)18(24)20-15-9-11-21(12-10-15)13-17(19)23/h5-8,15H,3-4,9-13H2,1-2H3,(H2,19,23)(H,20,24). The van der Waals surface area contributed by atoms with Crippen LogP contribution in [0.15, 0.2) is 24.3 Å². The molecule has 2 rings (SSSR count). The average Bonchev–Trinajstić information content (AvgIpc) is 2.58. The Morgan fingerprint density at radius 3 is 2.25 bits per heavy atom. The number of anilines is 1. The minimum Gasteiger partial charge on any atom is -0.372 e. The Hall–Kier alpha value is -2.08. The molecule has 1 fully saturated rings. The summed E-state index contributed by atoms with van der Waals surface area (Å²) < 4.78 is 0. The molecule has 2 amide bonds. The predicted molar refractivity (Wildman–Crippen MR) is 96.1 cm³/mol. The molecule has 3 N–H and O–H groups in total. The van der Waals surface area contributed by atoms with Crippen molar-refractivity contribution in [2.75, 3.05) is 37.6 Å². The van der Waals surface area contributed by atoms with E-state index in [0.29, 0.717) is 12.1 Å². The lowest BCUT2D eigenvalue weighted by atomic mass is 10.0. The van der Waals surface area contributed by atoms with Gasteiger partial charge in [0.25, 0.3) is 5.91 Å². The molecule has 132 valence electrons. The molecule has 0 spiro atoms. The number of likely N-dealkylation sites (tertiary alicyclic amines) is 1. The first-order valence-corrected chi connectivity index (χ1v) is 8.70. The fraction of sp³-hybridized carbons (Fsp3) is 0.556. The highest BCUT2D eigenvalue weighted by atomic mass is 16.2. The Morgan fingerprint density at radius 2 is 1.75 bits per heavy atom. The smallest absolute Gasteiger partial charge is 0.251 e. The monoisotopic (exact) mass is 332 g/mol. The van der Waals surface area contributed by atoms with E-state index < -0.39 is 0 Å². The maximum atomic E-state index is 12.4. The molecule has 6 heteroatoms. The van der Waals surface area contributed by atoms with Gasteiger partial charge in [0.1, 0.15) is 0 Å². The summed E-state index contributed by atoms with van der Waals surface area (Å²) in [6.07, 6.45) is 1.69. The highest BCUT2D eigenvalue weighted by molar-refractivity contribution is 5.94. The third-order valence-electron chi connectivity index (χ3n) is 4.56. The number of carbonyl (C=O) groups excluding carboxylic acids is 2. The van der Waals surface area contributed by atoms with Gasteiger partial charge in [-0.05, 0) is 51.0 Å². The molecule has 1 aliphatic rings. The van der Waals surface area contributed by atoms with Crippen molar-refractivity contribution in [1.29, 1.82) is 0 Å². The van der Waals surface area contributed by atoms with E-state index >= 15 is 0 Å². The van der Waals surface area contributed by atoms with E-state index in [4.69, 9.17) is 5.73 Å². The van der Waals surface area contributed by atoms with Crippen molar-refractivity contribution in [3.63, 3.8) is 0 Å². The molecule has 1 heterocycles. The fourth-order valence-electron chi connectivity index (χ4n) is 3.14. The van der Waals surface area contributed by atoms with Gasteiger partial charge >= 0.3 is 0 Å². The summed E-state index contributed by atoms with van der Waals surface area (Å²) in [6, 6.07) is 7.91. The van der Waals surface area contributed by atoms with E-state index in [9.17, 15) is 9.59 Å². The zero-order chi connectivity index (χ0) is 17.5. The lowest BCUT2D eigenvalue weighted by Gasteiger charge is -2.31. The van der Waals surface area contributed by atoms with E-state index in [2.05, 4.69) is 24.1 Å². The largest absolute Gasteiger partial charge is 0.372 e. The number of nitrogens with one attached hydrogen (secondary N) is 1. The van der Waals surface area contributed by atoms with Gasteiger partial charge in [-0.2, -0.15) is 0 Å². The Labute approximate surface area is 144 Å². The van der Waals surface area contributed by atoms with Crippen molar-refractivity contribution in [3.05, 3.63) is 29.8 Å². The summed E-state index contributed by atoms with van der Waals surface area (Å²) in [5, 5.41) is 3.09. The molecule has 0 aliphatic carbocycles. The summed E-state index contributed by atoms with van der Waals surface area (Å²) in [4.78, 5) is 27.6. The van der Waals surface area contributed by atoms with Gasteiger partial charge in [-0.3, -0.25) is 14.5 Å². The number of hydrogen-bond donors (Lipinski definition) is 2. The van der Waals surface area contributed by atoms with Crippen molar-refractivity contribution in [2.45, 2.75) is 32.7 Å². The number of benzene rings is 1. The summed E-state index contributed by atoms with van der Waals surface area (Å²) in [6.45, 7) is 8.01. The molecule has 0 aromatic heterocycles. The first-order valence-electron chi connectivity index (χ1n) is 8.70. The topological polar surface area (TPSA) is 78.7 Å². The normalized spacial score (nSPS) is 15.9. The van der Waals surface area contributed by atoms with E-state index in [1.807, 2.05) is 29.2 Å². The number of nitrogens with two attached hydrogens (primary N) is 1. The van der Waals surface area contributed by atoms with E-state index in [1.54, 1.807) is 0 Å². The van der Waals surface area contributed by atoms with Crippen LogP contribution < -0.4 is 16.0 Å². The van der Waals surface area contributed by atoms with Gasteiger partial charge in [0.15, 0.2) is 0 Å². The third kappa shape index (κ3) is 4.96. The van der Waals surface area contributed by atoms with Crippen LogP contribution in [0, 0.1) is 0 Å². The zero-order valence-electron chi connectivity index (χ0n) is 14.6. The maximum absolute atomic E-state index is 12.4. The van der Waals surface area contributed by atoms with E-state index in [0.717, 1.165) is 44.7 Å². The van der Waals surface area contributed by atoms with Crippen molar-refractivity contribution in [2.24, 2.45) is 5.73 Å². The minimum atomic E-state index is -0.300. The molecule has 0 bridgehead atoms. The Balaban J connectivity index is 1.86.